The van der Waals surface area contributed by atoms with Crippen LogP contribution in [-0.2, 0) is 11.0 Å². The summed E-state index contributed by atoms with van der Waals surface area (Å²) in [5, 5.41) is 18.2. The van der Waals surface area contributed by atoms with E-state index >= 15 is 0 Å². The van der Waals surface area contributed by atoms with Gasteiger partial charge in [-0.1, -0.05) is 12.5 Å². The second-order valence-corrected chi connectivity index (χ2v) is 9.51. The number of alkyl halides is 3. The molecular weight excluding hydrogens is 433 g/mol. The van der Waals surface area contributed by atoms with Crippen LogP contribution < -0.4 is 16.0 Å². The first-order valence-electron chi connectivity index (χ1n) is 11.8. The SMILES string of the molecule is N=C(C(=O)NC1CCC(Nc2cccc3nc(C(F)(F)F)cn23)CC1)C1C2CCCCNC21. The molecule has 10 heteroatoms. The molecule has 4 N–H and O–H groups in total. The van der Waals surface area contributed by atoms with E-state index in [1.165, 1.54) is 4.40 Å². The molecular formula is C23H29F3N6O. The van der Waals surface area contributed by atoms with E-state index in [0.29, 0.717) is 11.7 Å². The van der Waals surface area contributed by atoms with Gasteiger partial charge in [-0.3, -0.25) is 14.6 Å². The number of imidazole rings is 1. The Labute approximate surface area is 190 Å². The molecule has 3 unspecified atom stereocenters. The Kier molecular flexibility index (Phi) is 5.80. The third kappa shape index (κ3) is 4.58. The number of anilines is 1. The molecule has 5 rings (SSSR count). The molecule has 3 heterocycles. The van der Waals surface area contributed by atoms with Gasteiger partial charge in [0.15, 0.2) is 5.69 Å². The van der Waals surface area contributed by atoms with Gasteiger partial charge in [0.2, 0.25) is 0 Å². The molecule has 33 heavy (non-hydrogen) atoms. The van der Waals surface area contributed by atoms with Gasteiger partial charge in [0, 0.05) is 30.2 Å². The van der Waals surface area contributed by atoms with Crippen LogP contribution in [0.15, 0.2) is 24.4 Å². The van der Waals surface area contributed by atoms with Gasteiger partial charge < -0.3 is 16.0 Å². The molecule has 1 amide bonds. The molecule has 2 aliphatic carbocycles. The van der Waals surface area contributed by atoms with Crippen molar-refractivity contribution in [1.29, 1.82) is 5.41 Å². The van der Waals surface area contributed by atoms with E-state index in [1.807, 2.05) is 0 Å². The van der Waals surface area contributed by atoms with Crippen LogP contribution in [0.3, 0.4) is 0 Å². The summed E-state index contributed by atoms with van der Waals surface area (Å²) < 4.78 is 40.5. The molecule has 0 radical (unpaired) electrons. The van der Waals surface area contributed by atoms with Gasteiger partial charge in [-0.2, -0.15) is 13.2 Å². The smallest absolute Gasteiger partial charge is 0.368 e. The summed E-state index contributed by atoms with van der Waals surface area (Å²) in [7, 11) is 0. The molecule has 7 nitrogen and oxygen atoms in total. The zero-order valence-corrected chi connectivity index (χ0v) is 18.3. The number of nitrogens with zero attached hydrogens (tertiary/aromatic N) is 2. The highest BCUT2D eigenvalue weighted by atomic mass is 19.4. The lowest BCUT2D eigenvalue weighted by Crippen LogP contribution is -2.44. The summed E-state index contributed by atoms with van der Waals surface area (Å²) in [6, 6.07) is 5.39. The molecule has 0 spiro atoms. The van der Waals surface area contributed by atoms with Crippen molar-refractivity contribution in [3.05, 3.63) is 30.1 Å². The van der Waals surface area contributed by atoms with Gasteiger partial charge in [0.1, 0.15) is 17.2 Å². The number of fused-ring (bicyclic) bond motifs is 2. The van der Waals surface area contributed by atoms with Gasteiger partial charge in [-0.25, -0.2) is 4.98 Å². The maximum atomic E-state index is 13.0. The van der Waals surface area contributed by atoms with Crippen LogP contribution in [0.25, 0.3) is 5.65 Å². The first-order valence-corrected chi connectivity index (χ1v) is 11.8. The molecule has 1 aliphatic heterocycles. The Morgan fingerprint density at radius 3 is 2.64 bits per heavy atom. The second kappa shape index (κ2) is 8.62. The molecule has 3 atom stereocenters. The van der Waals surface area contributed by atoms with Crippen molar-refractivity contribution in [3.8, 4) is 0 Å². The summed E-state index contributed by atoms with van der Waals surface area (Å²) in [5.74, 6) is 0.786. The van der Waals surface area contributed by atoms with Crippen LogP contribution in [0.4, 0.5) is 19.0 Å². The van der Waals surface area contributed by atoms with Crippen LogP contribution in [0, 0.1) is 17.2 Å². The first kappa shape index (κ1) is 22.2. The van der Waals surface area contributed by atoms with Crippen molar-refractivity contribution in [2.75, 3.05) is 11.9 Å². The van der Waals surface area contributed by atoms with Crippen molar-refractivity contribution in [3.63, 3.8) is 0 Å². The minimum Gasteiger partial charge on any atom is -0.368 e. The van der Waals surface area contributed by atoms with Crippen LogP contribution >= 0.6 is 0 Å². The number of hydrogen-bond donors (Lipinski definition) is 4. The lowest BCUT2D eigenvalue weighted by molar-refractivity contribution is -0.140. The van der Waals surface area contributed by atoms with Crippen LogP contribution in [0.2, 0.25) is 0 Å². The summed E-state index contributed by atoms with van der Waals surface area (Å²) in [4.78, 5) is 16.3. The largest absolute Gasteiger partial charge is 0.434 e. The Bertz CT molecular complexity index is 1030. The third-order valence-corrected chi connectivity index (χ3v) is 7.29. The van der Waals surface area contributed by atoms with Gasteiger partial charge in [-0.05, 0) is 63.1 Å². The predicted octanol–water partition coefficient (Wildman–Crippen LogP) is 3.60. The highest BCUT2D eigenvalue weighted by Crippen LogP contribution is 2.45. The summed E-state index contributed by atoms with van der Waals surface area (Å²) >= 11 is 0. The first-order chi connectivity index (χ1) is 15.8. The summed E-state index contributed by atoms with van der Waals surface area (Å²) in [5.41, 5.74) is -0.462. The zero-order chi connectivity index (χ0) is 23.2. The molecule has 3 aliphatic rings. The van der Waals surface area contributed by atoms with Crippen molar-refractivity contribution in [2.24, 2.45) is 11.8 Å². The number of pyridine rings is 1. The number of nitrogens with one attached hydrogen (secondary N) is 4. The monoisotopic (exact) mass is 462 g/mol. The average molecular weight is 463 g/mol. The van der Waals surface area contributed by atoms with E-state index in [0.717, 1.165) is 57.7 Å². The molecule has 0 aromatic carbocycles. The highest BCUT2D eigenvalue weighted by Gasteiger charge is 2.53. The van der Waals surface area contributed by atoms with Gasteiger partial charge >= 0.3 is 6.18 Å². The van der Waals surface area contributed by atoms with Gasteiger partial charge in [0.05, 0.1) is 0 Å². The van der Waals surface area contributed by atoms with Crippen molar-refractivity contribution in [2.45, 2.75) is 69.2 Å². The minimum atomic E-state index is -4.49. The van der Waals surface area contributed by atoms with E-state index in [-0.39, 0.29) is 41.3 Å². The molecule has 2 aromatic heterocycles. The fourth-order valence-corrected chi connectivity index (χ4v) is 5.45. The number of halogens is 3. The fraction of sp³-hybridized carbons (Fsp3) is 0.609. The predicted molar refractivity (Wildman–Crippen MR) is 118 cm³/mol. The minimum absolute atomic E-state index is 0.0216. The Balaban J connectivity index is 1.14. The number of rotatable bonds is 5. The topological polar surface area (TPSA) is 94.3 Å². The second-order valence-electron chi connectivity index (χ2n) is 9.51. The zero-order valence-electron chi connectivity index (χ0n) is 18.3. The molecule has 178 valence electrons. The van der Waals surface area contributed by atoms with Crippen molar-refractivity contribution >= 4 is 23.1 Å². The normalized spacial score (nSPS) is 29.7. The van der Waals surface area contributed by atoms with Gasteiger partial charge in [0.25, 0.3) is 5.91 Å². The third-order valence-electron chi connectivity index (χ3n) is 7.29. The van der Waals surface area contributed by atoms with Crippen molar-refractivity contribution < 1.29 is 18.0 Å². The number of carbonyl (C=O) groups excluding carboxylic acids is 1. The number of hydrogen-bond acceptors (Lipinski definition) is 5. The number of amides is 1. The maximum Gasteiger partial charge on any atom is 0.434 e. The van der Waals surface area contributed by atoms with Gasteiger partial charge in [-0.15, -0.1) is 0 Å². The molecule has 2 aromatic rings. The van der Waals surface area contributed by atoms with Crippen LogP contribution in [-0.4, -0.2) is 45.7 Å². The fourth-order valence-electron chi connectivity index (χ4n) is 5.45. The number of aromatic nitrogens is 2. The summed E-state index contributed by atoms with van der Waals surface area (Å²) in [6.07, 6.45) is 3.03. The number of carbonyl (C=O) groups is 1. The van der Waals surface area contributed by atoms with E-state index in [1.54, 1.807) is 18.2 Å². The maximum absolute atomic E-state index is 13.0. The quantitative estimate of drug-likeness (QED) is 0.511. The molecule has 3 fully saturated rings. The van der Waals surface area contributed by atoms with Crippen molar-refractivity contribution in [1.82, 2.24) is 20.0 Å². The highest BCUT2D eigenvalue weighted by molar-refractivity contribution is 6.39. The molecule has 0 bridgehead atoms. The lowest BCUT2D eigenvalue weighted by Gasteiger charge is -2.30. The van der Waals surface area contributed by atoms with E-state index < -0.39 is 11.9 Å². The molecule has 1 saturated heterocycles. The Morgan fingerprint density at radius 2 is 1.88 bits per heavy atom. The molecule has 2 saturated carbocycles. The lowest BCUT2D eigenvalue weighted by atomic mass is 9.91. The Hall–Kier alpha value is -2.62. The van der Waals surface area contributed by atoms with Crippen LogP contribution in [0.1, 0.15) is 50.6 Å². The van der Waals surface area contributed by atoms with Crippen LogP contribution in [0.5, 0.6) is 0 Å². The van der Waals surface area contributed by atoms with E-state index in [2.05, 4.69) is 20.9 Å². The Morgan fingerprint density at radius 1 is 1.12 bits per heavy atom. The standard InChI is InChI=1S/C23H29F3N6O/c24-23(25,26)16-12-32-17(5-3-6-18(32)31-16)29-13-7-9-14(10-8-13)30-22(33)20(27)19-15-4-1-2-11-28-21(15)19/h3,5-6,12-15,19,21,27-29H,1-2,4,7-11H2,(H,30,33). The summed E-state index contributed by atoms with van der Waals surface area (Å²) in [6.45, 7) is 0.966. The van der Waals surface area contributed by atoms with E-state index in [9.17, 15) is 18.0 Å². The average Bonchev–Trinajstić information content (AvgIpc) is 3.34. The van der Waals surface area contributed by atoms with E-state index in [4.69, 9.17) is 5.41 Å².